The largest absolute Gasteiger partial charge is 0.360 e. The van der Waals surface area contributed by atoms with Crippen molar-refractivity contribution in [3.05, 3.63) is 59.4 Å². The maximum absolute atomic E-state index is 6.06. The zero-order chi connectivity index (χ0) is 13.8. The van der Waals surface area contributed by atoms with Gasteiger partial charge in [0.25, 0.3) is 0 Å². The third-order valence-electron chi connectivity index (χ3n) is 3.82. The Morgan fingerprint density at radius 1 is 1.15 bits per heavy atom. The van der Waals surface area contributed by atoms with Crippen molar-refractivity contribution in [1.82, 2.24) is 4.98 Å². The van der Waals surface area contributed by atoms with Crippen LogP contribution < -0.4 is 9.80 Å². The summed E-state index contributed by atoms with van der Waals surface area (Å²) in [7, 11) is 0. The molecule has 0 radical (unpaired) electrons. The van der Waals surface area contributed by atoms with E-state index in [-0.39, 0.29) is 0 Å². The molecule has 20 heavy (non-hydrogen) atoms. The van der Waals surface area contributed by atoms with E-state index in [0.29, 0.717) is 0 Å². The molecule has 0 bridgehead atoms. The normalized spacial score (nSPS) is 16.4. The van der Waals surface area contributed by atoms with Crippen LogP contribution in [0.15, 0.2) is 48.8 Å². The third-order valence-corrected chi connectivity index (χ3v) is 4.06. The molecule has 3 nitrogen and oxygen atoms in total. The number of nitrogens with one attached hydrogen (secondary N) is 1. The highest BCUT2D eigenvalue weighted by molar-refractivity contribution is 6.30. The molecule has 1 aliphatic rings. The zero-order valence-corrected chi connectivity index (χ0v) is 12.2. The molecule has 4 heteroatoms. The molecule has 0 atom stereocenters. The summed E-state index contributed by atoms with van der Waals surface area (Å²) in [6.45, 7) is 5.53. The quantitative estimate of drug-likeness (QED) is 0.927. The van der Waals surface area contributed by atoms with E-state index in [1.165, 1.54) is 11.3 Å². The van der Waals surface area contributed by atoms with E-state index in [9.17, 15) is 0 Å². The Kier molecular flexibility index (Phi) is 4.19. The van der Waals surface area contributed by atoms with Crippen LogP contribution in [-0.2, 0) is 6.54 Å². The highest BCUT2D eigenvalue weighted by atomic mass is 35.5. The Morgan fingerprint density at radius 2 is 2.00 bits per heavy atom. The minimum atomic E-state index is 0.813. The molecule has 0 unspecified atom stereocenters. The number of halogens is 1. The van der Waals surface area contributed by atoms with Crippen molar-refractivity contribution in [3.8, 4) is 0 Å². The fourth-order valence-corrected chi connectivity index (χ4v) is 2.91. The monoisotopic (exact) mass is 288 g/mol. The first kappa shape index (κ1) is 13.4. The van der Waals surface area contributed by atoms with Crippen LogP contribution in [0.5, 0.6) is 0 Å². The Labute approximate surface area is 124 Å². The highest BCUT2D eigenvalue weighted by Crippen LogP contribution is 2.19. The lowest BCUT2D eigenvalue weighted by Gasteiger charge is -2.33. The summed E-state index contributed by atoms with van der Waals surface area (Å²) in [5.41, 5.74) is 2.55. The van der Waals surface area contributed by atoms with Crippen LogP contribution in [-0.4, -0.2) is 31.2 Å². The molecule has 2 heterocycles. The highest BCUT2D eigenvalue weighted by Gasteiger charge is 2.20. The van der Waals surface area contributed by atoms with Gasteiger partial charge in [-0.05, 0) is 24.3 Å². The predicted molar refractivity (Wildman–Crippen MR) is 82.3 cm³/mol. The first-order valence-electron chi connectivity index (χ1n) is 7.04. The fourth-order valence-electron chi connectivity index (χ4n) is 2.72. The minimum absolute atomic E-state index is 0.813. The average molecular weight is 289 g/mol. The summed E-state index contributed by atoms with van der Waals surface area (Å²) in [5.74, 6) is 0. The Balaban J connectivity index is 1.57. The van der Waals surface area contributed by atoms with E-state index >= 15 is 0 Å². The SMILES string of the molecule is Clc1cccc(N2CC[NH+](Cc3cccnc3)CC2)c1. The lowest BCUT2D eigenvalue weighted by molar-refractivity contribution is -0.914. The first-order chi connectivity index (χ1) is 9.81. The molecule has 1 aromatic heterocycles. The second-order valence-corrected chi connectivity index (χ2v) is 5.69. The summed E-state index contributed by atoms with van der Waals surface area (Å²) < 4.78 is 0. The van der Waals surface area contributed by atoms with Gasteiger partial charge in [-0.3, -0.25) is 4.98 Å². The molecule has 0 aliphatic carbocycles. The maximum Gasteiger partial charge on any atom is 0.104 e. The summed E-state index contributed by atoms with van der Waals surface area (Å²) >= 11 is 6.06. The Morgan fingerprint density at radius 3 is 2.70 bits per heavy atom. The van der Waals surface area contributed by atoms with Crippen molar-refractivity contribution < 1.29 is 4.90 Å². The molecule has 1 aliphatic heterocycles. The van der Waals surface area contributed by atoms with Gasteiger partial charge in [0.05, 0.1) is 26.2 Å². The number of hydrogen-bond donors (Lipinski definition) is 1. The molecular weight excluding hydrogens is 270 g/mol. The van der Waals surface area contributed by atoms with Crippen molar-refractivity contribution >= 4 is 17.3 Å². The molecular formula is C16H19ClN3+. The average Bonchev–Trinajstić information content (AvgIpc) is 2.49. The zero-order valence-electron chi connectivity index (χ0n) is 11.4. The third kappa shape index (κ3) is 3.30. The number of anilines is 1. The van der Waals surface area contributed by atoms with Gasteiger partial charge < -0.3 is 9.80 Å². The van der Waals surface area contributed by atoms with Gasteiger partial charge in [-0.15, -0.1) is 0 Å². The van der Waals surface area contributed by atoms with Crippen molar-refractivity contribution in [1.29, 1.82) is 0 Å². The molecule has 0 amide bonds. The summed E-state index contributed by atoms with van der Waals surface area (Å²) in [5, 5.41) is 0.813. The fraction of sp³-hybridized carbons (Fsp3) is 0.312. The standard InChI is InChI=1S/C16H18ClN3/c17-15-4-1-5-16(11-15)20-9-7-19(8-10-20)13-14-3-2-6-18-12-14/h1-6,11-12H,7-10,13H2/p+1. The van der Waals surface area contributed by atoms with Gasteiger partial charge in [0.2, 0.25) is 0 Å². The second-order valence-electron chi connectivity index (χ2n) is 5.25. The summed E-state index contributed by atoms with van der Waals surface area (Å²) in [6, 6.07) is 12.3. The van der Waals surface area contributed by atoms with Crippen molar-refractivity contribution in [2.75, 3.05) is 31.1 Å². The lowest BCUT2D eigenvalue weighted by Crippen LogP contribution is -3.13. The van der Waals surface area contributed by atoms with Gasteiger partial charge in [-0.25, -0.2) is 0 Å². The van der Waals surface area contributed by atoms with Gasteiger partial charge in [-0.2, -0.15) is 0 Å². The number of benzene rings is 1. The predicted octanol–water partition coefficient (Wildman–Crippen LogP) is 1.64. The Bertz CT molecular complexity index is 551. The molecule has 1 N–H and O–H groups in total. The molecule has 1 saturated heterocycles. The first-order valence-corrected chi connectivity index (χ1v) is 7.42. The summed E-state index contributed by atoms with van der Waals surface area (Å²) in [4.78, 5) is 8.22. The van der Waals surface area contributed by atoms with Crippen LogP contribution in [0.1, 0.15) is 5.56 Å². The van der Waals surface area contributed by atoms with E-state index < -0.39 is 0 Å². The van der Waals surface area contributed by atoms with E-state index in [0.717, 1.165) is 37.7 Å². The van der Waals surface area contributed by atoms with Gasteiger partial charge in [-0.1, -0.05) is 23.7 Å². The maximum atomic E-state index is 6.06. The van der Waals surface area contributed by atoms with Crippen molar-refractivity contribution in [3.63, 3.8) is 0 Å². The van der Waals surface area contributed by atoms with Crippen LogP contribution in [0.25, 0.3) is 0 Å². The molecule has 1 aromatic carbocycles. The number of piperazine rings is 1. The van der Waals surface area contributed by atoms with Gasteiger partial charge in [0, 0.05) is 28.7 Å². The number of hydrogen-bond acceptors (Lipinski definition) is 2. The van der Waals surface area contributed by atoms with Crippen LogP contribution in [0, 0.1) is 0 Å². The topological polar surface area (TPSA) is 20.6 Å². The van der Waals surface area contributed by atoms with Gasteiger partial charge in [0.1, 0.15) is 6.54 Å². The van der Waals surface area contributed by atoms with Crippen LogP contribution in [0.2, 0.25) is 5.02 Å². The number of rotatable bonds is 3. The summed E-state index contributed by atoms with van der Waals surface area (Å²) in [6.07, 6.45) is 3.80. The van der Waals surface area contributed by atoms with Crippen molar-refractivity contribution in [2.24, 2.45) is 0 Å². The molecule has 1 fully saturated rings. The molecule has 2 aromatic rings. The Hall–Kier alpha value is -1.58. The number of quaternary nitrogens is 1. The lowest BCUT2D eigenvalue weighted by atomic mass is 10.2. The van der Waals surface area contributed by atoms with E-state index in [1.807, 2.05) is 36.7 Å². The van der Waals surface area contributed by atoms with Crippen LogP contribution in [0.4, 0.5) is 5.69 Å². The number of aromatic nitrogens is 1. The molecule has 3 rings (SSSR count). The molecule has 104 valence electrons. The van der Waals surface area contributed by atoms with E-state index in [4.69, 9.17) is 11.6 Å². The number of nitrogens with zero attached hydrogens (tertiary/aromatic N) is 2. The minimum Gasteiger partial charge on any atom is -0.360 e. The van der Waals surface area contributed by atoms with E-state index in [2.05, 4.69) is 22.0 Å². The van der Waals surface area contributed by atoms with E-state index in [1.54, 1.807) is 4.90 Å². The van der Waals surface area contributed by atoms with Crippen LogP contribution in [0.3, 0.4) is 0 Å². The van der Waals surface area contributed by atoms with Crippen LogP contribution >= 0.6 is 11.6 Å². The molecule has 0 saturated carbocycles. The second kappa shape index (κ2) is 6.25. The number of pyridine rings is 1. The van der Waals surface area contributed by atoms with Gasteiger partial charge >= 0.3 is 0 Å². The molecule has 0 spiro atoms. The van der Waals surface area contributed by atoms with Crippen molar-refractivity contribution in [2.45, 2.75) is 6.54 Å². The smallest absolute Gasteiger partial charge is 0.104 e. The van der Waals surface area contributed by atoms with Gasteiger partial charge in [0.15, 0.2) is 0 Å².